The minimum Gasteiger partial charge on any atom is -0.491 e. The van der Waals surface area contributed by atoms with Gasteiger partial charge in [0, 0.05) is 12.7 Å². The van der Waals surface area contributed by atoms with Gasteiger partial charge in [0.2, 0.25) is 0 Å². The molecule has 0 atom stereocenters. The van der Waals surface area contributed by atoms with Gasteiger partial charge in [-0.1, -0.05) is 30.3 Å². The van der Waals surface area contributed by atoms with E-state index in [1.807, 2.05) is 43.3 Å². The van der Waals surface area contributed by atoms with Crippen LogP contribution in [0.5, 0.6) is 11.5 Å². The third-order valence-electron chi connectivity index (χ3n) is 5.13. The van der Waals surface area contributed by atoms with E-state index in [1.165, 1.54) is 5.56 Å². The molecule has 0 aromatic heterocycles. The Labute approximate surface area is 195 Å². The molecule has 172 valence electrons. The standard InChI is InChI=1S/C28H30O5/c1-4-31-14-15-32-26-16-20(2)28(21(3)17-26)24-7-5-6-23(18-24)19-33-25-11-8-22(9-12-25)10-13-27(29)30/h5-13,16-18H,4,14-15,19H2,1-3H3,(H,29,30)/b13-10+. The van der Waals surface area contributed by atoms with Gasteiger partial charge in [-0.3, -0.25) is 0 Å². The summed E-state index contributed by atoms with van der Waals surface area (Å²) < 4.78 is 17.1. The first kappa shape index (κ1) is 24.1. The summed E-state index contributed by atoms with van der Waals surface area (Å²) >= 11 is 0. The second-order valence-corrected chi connectivity index (χ2v) is 7.71. The number of aliphatic carboxylic acids is 1. The fourth-order valence-electron chi connectivity index (χ4n) is 3.65. The SMILES string of the molecule is CCOCCOc1cc(C)c(-c2cccc(COc3ccc(/C=C/C(=O)O)cc3)c2)c(C)c1. The van der Waals surface area contributed by atoms with Gasteiger partial charge in [0.1, 0.15) is 24.7 Å². The van der Waals surface area contributed by atoms with Gasteiger partial charge in [0.15, 0.2) is 0 Å². The van der Waals surface area contributed by atoms with E-state index in [4.69, 9.17) is 19.3 Å². The van der Waals surface area contributed by atoms with Crippen LogP contribution in [0.25, 0.3) is 17.2 Å². The quantitative estimate of drug-likeness (QED) is 0.286. The fraction of sp³-hybridized carbons (Fsp3) is 0.250. The molecule has 3 rings (SSSR count). The maximum Gasteiger partial charge on any atom is 0.328 e. The van der Waals surface area contributed by atoms with Crippen LogP contribution < -0.4 is 9.47 Å². The number of rotatable bonds is 11. The van der Waals surface area contributed by atoms with Crippen molar-refractivity contribution in [3.8, 4) is 22.6 Å². The molecular weight excluding hydrogens is 416 g/mol. The number of hydrogen-bond donors (Lipinski definition) is 1. The van der Waals surface area contributed by atoms with Crippen molar-refractivity contribution < 1.29 is 24.1 Å². The number of benzene rings is 3. The predicted molar refractivity (Wildman–Crippen MR) is 131 cm³/mol. The molecule has 0 unspecified atom stereocenters. The van der Waals surface area contributed by atoms with Gasteiger partial charge in [-0.25, -0.2) is 4.79 Å². The molecule has 5 heteroatoms. The molecular formula is C28H30O5. The van der Waals surface area contributed by atoms with Crippen molar-refractivity contribution in [3.05, 3.63) is 89.0 Å². The Bertz CT molecular complexity index is 1080. The third kappa shape index (κ3) is 7.22. The minimum absolute atomic E-state index is 0.439. The summed E-state index contributed by atoms with van der Waals surface area (Å²) in [7, 11) is 0. The molecule has 0 bridgehead atoms. The van der Waals surface area contributed by atoms with Crippen LogP contribution in [0.3, 0.4) is 0 Å². The Morgan fingerprint density at radius 3 is 2.30 bits per heavy atom. The van der Waals surface area contributed by atoms with Gasteiger partial charge in [0.05, 0.1) is 6.61 Å². The number of hydrogen-bond acceptors (Lipinski definition) is 4. The highest BCUT2D eigenvalue weighted by Gasteiger charge is 2.10. The zero-order chi connectivity index (χ0) is 23.6. The van der Waals surface area contributed by atoms with Crippen molar-refractivity contribution in [2.24, 2.45) is 0 Å². The molecule has 0 amide bonds. The number of carbonyl (C=O) groups is 1. The molecule has 0 fully saturated rings. The zero-order valence-electron chi connectivity index (χ0n) is 19.3. The monoisotopic (exact) mass is 446 g/mol. The van der Waals surface area contributed by atoms with E-state index in [0.29, 0.717) is 26.4 Å². The highest BCUT2D eigenvalue weighted by atomic mass is 16.5. The van der Waals surface area contributed by atoms with Crippen LogP contribution in [0.2, 0.25) is 0 Å². The van der Waals surface area contributed by atoms with Crippen LogP contribution in [0.1, 0.15) is 29.2 Å². The van der Waals surface area contributed by atoms with Crippen molar-refractivity contribution in [2.75, 3.05) is 19.8 Å². The molecule has 3 aromatic rings. The van der Waals surface area contributed by atoms with Crippen LogP contribution >= 0.6 is 0 Å². The average Bonchev–Trinajstić information content (AvgIpc) is 2.80. The summed E-state index contributed by atoms with van der Waals surface area (Å²) in [5.41, 5.74) is 6.53. The van der Waals surface area contributed by atoms with Gasteiger partial charge in [-0.05, 0) is 90.6 Å². The van der Waals surface area contributed by atoms with Gasteiger partial charge in [-0.15, -0.1) is 0 Å². The maximum atomic E-state index is 10.6. The van der Waals surface area contributed by atoms with Crippen molar-refractivity contribution in [1.29, 1.82) is 0 Å². The lowest BCUT2D eigenvalue weighted by molar-refractivity contribution is -0.131. The van der Waals surface area contributed by atoms with Gasteiger partial charge in [-0.2, -0.15) is 0 Å². The fourth-order valence-corrected chi connectivity index (χ4v) is 3.65. The van der Waals surface area contributed by atoms with Crippen molar-refractivity contribution >= 4 is 12.0 Å². The topological polar surface area (TPSA) is 65.0 Å². The predicted octanol–water partition coefficient (Wildman–Crippen LogP) is 6.06. The van der Waals surface area contributed by atoms with Crippen molar-refractivity contribution in [1.82, 2.24) is 0 Å². The van der Waals surface area contributed by atoms with E-state index in [2.05, 4.69) is 38.1 Å². The smallest absolute Gasteiger partial charge is 0.328 e. The molecule has 3 aromatic carbocycles. The molecule has 1 N–H and O–H groups in total. The number of carboxylic acids is 1. The van der Waals surface area contributed by atoms with E-state index in [9.17, 15) is 4.79 Å². The molecule has 33 heavy (non-hydrogen) atoms. The van der Waals surface area contributed by atoms with Gasteiger partial charge >= 0.3 is 5.97 Å². The lowest BCUT2D eigenvalue weighted by Gasteiger charge is -2.15. The molecule has 5 nitrogen and oxygen atoms in total. The summed E-state index contributed by atoms with van der Waals surface area (Å²) in [6.07, 6.45) is 2.67. The second-order valence-electron chi connectivity index (χ2n) is 7.71. The second kappa shape index (κ2) is 11.9. The number of ether oxygens (including phenoxy) is 3. The van der Waals surface area contributed by atoms with Crippen molar-refractivity contribution in [2.45, 2.75) is 27.4 Å². The molecule has 0 aliphatic carbocycles. The molecule has 0 aliphatic rings. The Hall–Kier alpha value is -3.57. The first-order valence-electron chi connectivity index (χ1n) is 11.0. The first-order valence-corrected chi connectivity index (χ1v) is 11.0. The van der Waals surface area contributed by atoms with Crippen LogP contribution in [0.15, 0.2) is 66.7 Å². The Kier molecular flexibility index (Phi) is 8.67. The lowest BCUT2D eigenvalue weighted by atomic mass is 9.94. The van der Waals surface area contributed by atoms with E-state index >= 15 is 0 Å². The summed E-state index contributed by atoms with van der Waals surface area (Å²) in [6.45, 7) is 8.42. The number of aryl methyl sites for hydroxylation is 2. The Balaban J connectivity index is 1.67. The summed E-state index contributed by atoms with van der Waals surface area (Å²) in [4.78, 5) is 10.6. The largest absolute Gasteiger partial charge is 0.491 e. The van der Waals surface area contributed by atoms with Gasteiger partial charge in [0.25, 0.3) is 0 Å². The molecule has 0 saturated carbocycles. The minimum atomic E-state index is -0.968. The van der Waals surface area contributed by atoms with Crippen LogP contribution in [0, 0.1) is 13.8 Å². The summed E-state index contributed by atoms with van der Waals surface area (Å²) in [5.74, 6) is 0.618. The van der Waals surface area contributed by atoms with E-state index in [-0.39, 0.29) is 0 Å². The first-order chi connectivity index (χ1) is 16.0. The molecule has 0 spiro atoms. The molecule has 0 aliphatic heterocycles. The van der Waals surface area contributed by atoms with E-state index in [0.717, 1.165) is 45.4 Å². The third-order valence-corrected chi connectivity index (χ3v) is 5.13. The Morgan fingerprint density at radius 2 is 1.64 bits per heavy atom. The highest BCUT2D eigenvalue weighted by Crippen LogP contribution is 2.31. The molecule has 0 saturated heterocycles. The van der Waals surface area contributed by atoms with Crippen LogP contribution in [-0.2, 0) is 16.1 Å². The summed E-state index contributed by atoms with van der Waals surface area (Å²) in [6, 6.07) is 19.8. The van der Waals surface area contributed by atoms with Crippen LogP contribution in [-0.4, -0.2) is 30.9 Å². The zero-order valence-corrected chi connectivity index (χ0v) is 19.3. The molecule has 0 radical (unpaired) electrons. The number of carboxylic acid groups (broad SMARTS) is 1. The molecule has 0 heterocycles. The van der Waals surface area contributed by atoms with E-state index < -0.39 is 5.97 Å². The van der Waals surface area contributed by atoms with Crippen molar-refractivity contribution in [3.63, 3.8) is 0 Å². The highest BCUT2D eigenvalue weighted by molar-refractivity contribution is 5.85. The average molecular weight is 447 g/mol. The maximum absolute atomic E-state index is 10.6. The van der Waals surface area contributed by atoms with Gasteiger partial charge < -0.3 is 19.3 Å². The van der Waals surface area contributed by atoms with E-state index in [1.54, 1.807) is 6.08 Å². The van der Waals surface area contributed by atoms with Crippen LogP contribution in [0.4, 0.5) is 0 Å². The lowest BCUT2D eigenvalue weighted by Crippen LogP contribution is -2.06. The normalized spacial score (nSPS) is 11.0. The Morgan fingerprint density at radius 1 is 0.909 bits per heavy atom. The summed E-state index contributed by atoms with van der Waals surface area (Å²) in [5, 5.41) is 8.72.